The van der Waals surface area contributed by atoms with Gasteiger partial charge in [-0.25, -0.2) is 0 Å². The van der Waals surface area contributed by atoms with E-state index in [2.05, 4.69) is 5.32 Å². The van der Waals surface area contributed by atoms with Gasteiger partial charge in [0, 0.05) is 37.1 Å². The molecular weight excluding hydrogens is 502 g/mol. The fraction of sp³-hybridized carbons (Fsp3) is 0.345. The van der Waals surface area contributed by atoms with Crippen LogP contribution in [0.1, 0.15) is 39.3 Å². The summed E-state index contributed by atoms with van der Waals surface area (Å²) in [4.78, 5) is 43.6. The van der Waals surface area contributed by atoms with Crippen LogP contribution in [0, 0.1) is 0 Å². The molecule has 1 N–H and O–H groups in total. The van der Waals surface area contributed by atoms with Crippen LogP contribution in [-0.4, -0.2) is 73.2 Å². The third-order valence-corrected chi connectivity index (χ3v) is 7.30. The van der Waals surface area contributed by atoms with Crippen molar-refractivity contribution in [2.24, 2.45) is 0 Å². The Hall–Kier alpha value is -4.31. The molecule has 0 bridgehead atoms. The highest BCUT2D eigenvalue weighted by Crippen LogP contribution is 2.39. The molecule has 2 aliphatic heterocycles. The molecule has 3 heterocycles. The number of nitrogens with zero attached hydrogens (tertiary/aromatic N) is 2. The van der Waals surface area contributed by atoms with Crippen LogP contribution in [0.15, 0.2) is 71.3 Å². The third kappa shape index (κ3) is 5.33. The maximum absolute atomic E-state index is 13.9. The Kier molecular flexibility index (Phi) is 7.56. The Balaban J connectivity index is 1.35. The number of hydrogen-bond donors (Lipinski definition) is 1. The minimum absolute atomic E-state index is 0.0539. The first kappa shape index (κ1) is 26.3. The summed E-state index contributed by atoms with van der Waals surface area (Å²) < 4.78 is 22.0. The number of rotatable bonds is 7. The molecule has 39 heavy (non-hydrogen) atoms. The molecule has 1 atom stereocenters. The largest absolute Gasteiger partial charge is 0.497 e. The predicted molar refractivity (Wildman–Crippen MR) is 140 cm³/mol. The molecule has 0 unspecified atom stereocenters. The fourth-order valence-corrected chi connectivity index (χ4v) is 5.12. The molecule has 3 aromatic rings. The van der Waals surface area contributed by atoms with Gasteiger partial charge in [-0.2, -0.15) is 0 Å². The molecule has 3 amide bonds. The highest BCUT2D eigenvalue weighted by Gasteiger charge is 2.54. The number of hydrogen-bond acceptors (Lipinski definition) is 7. The number of benzene rings is 2. The fourth-order valence-electron chi connectivity index (χ4n) is 5.12. The second-order valence-corrected chi connectivity index (χ2v) is 9.49. The van der Waals surface area contributed by atoms with Crippen LogP contribution in [0.2, 0.25) is 0 Å². The highest BCUT2D eigenvalue weighted by molar-refractivity contribution is 5.99. The summed E-state index contributed by atoms with van der Waals surface area (Å²) in [6, 6.07) is 16.4. The summed E-state index contributed by atoms with van der Waals surface area (Å²) in [5.74, 6) is 1.15. The quantitative estimate of drug-likeness (QED) is 0.497. The zero-order valence-corrected chi connectivity index (χ0v) is 21.9. The molecule has 2 saturated heterocycles. The second-order valence-electron chi connectivity index (χ2n) is 9.49. The maximum Gasteiger partial charge on any atom is 0.256 e. The van der Waals surface area contributed by atoms with Gasteiger partial charge in [0.15, 0.2) is 0 Å². The van der Waals surface area contributed by atoms with E-state index >= 15 is 0 Å². The van der Waals surface area contributed by atoms with Crippen LogP contribution in [0.5, 0.6) is 11.5 Å². The van der Waals surface area contributed by atoms with Crippen molar-refractivity contribution in [1.82, 2.24) is 15.1 Å². The molecular formula is C29H31N3O7. The number of amides is 3. The Morgan fingerprint density at radius 2 is 1.49 bits per heavy atom. The van der Waals surface area contributed by atoms with E-state index in [4.69, 9.17) is 18.6 Å². The molecule has 1 spiro atoms. The maximum atomic E-state index is 13.9. The topological polar surface area (TPSA) is 111 Å². The van der Waals surface area contributed by atoms with Crippen LogP contribution >= 0.6 is 0 Å². The van der Waals surface area contributed by atoms with Gasteiger partial charge >= 0.3 is 0 Å². The van der Waals surface area contributed by atoms with E-state index in [-0.39, 0.29) is 30.9 Å². The lowest BCUT2D eigenvalue weighted by Crippen LogP contribution is -2.59. The lowest BCUT2D eigenvalue weighted by Gasteiger charge is -2.44. The number of likely N-dealkylation sites (tertiary alicyclic amines) is 1. The summed E-state index contributed by atoms with van der Waals surface area (Å²) in [5.41, 5.74) is -0.0397. The molecule has 2 aromatic carbocycles. The van der Waals surface area contributed by atoms with Gasteiger partial charge in [-0.1, -0.05) is 0 Å². The van der Waals surface area contributed by atoms with Gasteiger partial charge in [0.25, 0.3) is 11.8 Å². The van der Waals surface area contributed by atoms with E-state index in [0.717, 1.165) is 0 Å². The molecule has 10 nitrogen and oxygen atoms in total. The summed E-state index contributed by atoms with van der Waals surface area (Å²) >= 11 is 0. The average Bonchev–Trinajstić information content (AvgIpc) is 3.64. The number of piperidine rings is 1. The number of ether oxygens (including phenoxy) is 3. The van der Waals surface area contributed by atoms with Crippen LogP contribution in [-0.2, 0) is 16.1 Å². The monoisotopic (exact) mass is 533 g/mol. The molecule has 204 valence electrons. The number of carbonyl (C=O) groups excluding carboxylic acids is 3. The molecule has 5 rings (SSSR count). The first-order valence-corrected chi connectivity index (χ1v) is 12.8. The van der Waals surface area contributed by atoms with Crippen molar-refractivity contribution in [3.8, 4) is 11.5 Å². The van der Waals surface area contributed by atoms with Gasteiger partial charge in [0.05, 0.1) is 33.6 Å². The molecule has 0 saturated carbocycles. The first-order chi connectivity index (χ1) is 18.9. The van der Waals surface area contributed by atoms with Crippen molar-refractivity contribution in [3.05, 3.63) is 83.8 Å². The zero-order chi connectivity index (χ0) is 27.4. The average molecular weight is 534 g/mol. The van der Waals surface area contributed by atoms with Crippen molar-refractivity contribution in [2.75, 3.05) is 33.9 Å². The minimum Gasteiger partial charge on any atom is -0.497 e. The normalized spacial score (nSPS) is 18.2. The van der Waals surface area contributed by atoms with E-state index in [1.54, 1.807) is 84.7 Å². The standard InChI is InChI=1S/C29H31N3O7/c1-36-22-9-5-20(6-10-22)27(34)31-15-13-29(14-16-31)32(28(35)21-7-11-23(37-2)12-8-21)25(19-39-29)26(33)30-18-24-4-3-17-38-24/h3-12,17,25H,13-16,18-19H2,1-2H3,(H,30,33)/t25-/m0/s1. The van der Waals surface area contributed by atoms with E-state index in [1.807, 2.05) is 0 Å². The number of carbonyl (C=O) groups is 3. The van der Waals surface area contributed by atoms with Gasteiger partial charge in [-0.05, 0) is 60.7 Å². The first-order valence-electron chi connectivity index (χ1n) is 12.8. The van der Waals surface area contributed by atoms with E-state index in [1.165, 1.54) is 6.26 Å². The Labute approximate surface area is 226 Å². The molecule has 0 radical (unpaired) electrons. The van der Waals surface area contributed by atoms with Crippen LogP contribution in [0.3, 0.4) is 0 Å². The smallest absolute Gasteiger partial charge is 0.256 e. The Morgan fingerprint density at radius 1 is 0.897 bits per heavy atom. The number of methoxy groups -OCH3 is 2. The van der Waals surface area contributed by atoms with Crippen molar-refractivity contribution in [2.45, 2.75) is 31.2 Å². The van der Waals surface area contributed by atoms with Crippen molar-refractivity contribution < 1.29 is 33.0 Å². The van der Waals surface area contributed by atoms with Gasteiger partial charge in [0.1, 0.15) is 29.0 Å². The molecule has 1 aromatic heterocycles. The molecule has 2 fully saturated rings. The van der Waals surface area contributed by atoms with Gasteiger partial charge in [0.2, 0.25) is 5.91 Å². The van der Waals surface area contributed by atoms with Crippen LogP contribution in [0.25, 0.3) is 0 Å². The molecule has 2 aliphatic rings. The minimum atomic E-state index is -1.01. The third-order valence-electron chi connectivity index (χ3n) is 7.30. The van der Waals surface area contributed by atoms with Crippen molar-refractivity contribution in [1.29, 1.82) is 0 Å². The van der Waals surface area contributed by atoms with E-state index in [9.17, 15) is 14.4 Å². The van der Waals surface area contributed by atoms with Crippen molar-refractivity contribution >= 4 is 17.7 Å². The second kappa shape index (κ2) is 11.2. The lowest BCUT2D eigenvalue weighted by atomic mass is 9.96. The molecule has 10 heteroatoms. The summed E-state index contributed by atoms with van der Waals surface area (Å²) in [5, 5.41) is 2.86. The van der Waals surface area contributed by atoms with Crippen LogP contribution < -0.4 is 14.8 Å². The van der Waals surface area contributed by atoms with Crippen LogP contribution in [0.4, 0.5) is 0 Å². The van der Waals surface area contributed by atoms with E-state index < -0.39 is 11.8 Å². The van der Waals surface area contributed by atoms with E-state index in [0.29, 0.717) is 54.3 Å². The summed E-state index contributed by atoms with van der Waals surface area (Å²) in [6.07, 6.45) is 2.28. The highest BCUT2D eigenvalue weighted by atomic mass is 16.5. The van der Waals surface area contributed by atoms with Crippen molar-refractivity contribution in [3.63, 3.8) is 0 Å². The molecule has 0 aliphatic carbocycles. The lowest BCUT2D eigenvalue weighted by molar-refractivity contribution is -0.128. The summed E-state index contributed by atoms with van der Waals surface area (Å²) in [7, 11) is 3.13. The SMILES string of the molecule is COc1ccc(C(=O)N2CCC3(CC2)OC[C@@H](C(=O)NCc2ccco2)N3C(=O)c2ccc(OC)cc2)cc1. The van der Waals surface area contributed by atoms with Gasteiger partial charge in [-0.15, -0.1) is 0 Å². The Bertz CT molecular complexity index is 1300. The van der Waals surface area contributed by atoms with Gasteiger partial charge in [-0.3, -0.25) is 19.3 Å². The van der Waals surface area contributed by atoms with Gasteiger partial charge < -0.3 is 28.8 Å². The number of furan rings is 1. The number of nitrogens with one attached hydrogen (secondary N) is 1. The summed E-state index contributed by atoms with van der Waals surface area (Å²) in [6.45, 7) is 0.998. The zero-order valence-electron chi connectivity index (χ0n) is 21.9. The Morgan fingerprint density at radius 3 is 2.03 bits per heavy atom. The predicted octanol–water partition coefficient (Wildman–Crippen LogP) is 3.09.